The summed E-state index contributed by atoms with van der Waals surface area (Å²) in [5.41, 5.74) is 1.37. The van der Waals surface area contributed by atoms with Gasteiger partial charge in [-0.3, -0.25) is 0 Å². The van der Waals surface area contributed by atoms with Gasteiger partial charge in [0.15, 0.2) is 0 Å². The molecule has 0 fully saturated rings. The molecule has 6 heteroatoms. The van der Waals surface area contributed by atoms with Crippen LogP contribution in [0.3, 0.4) is 0 Å². The second-order valence-electron chi connectivity index (χ2n) is 6.04. The van der Waals surface area contributed by atoms with Crippen molar-refractivity contribution in [3.05, 3.63) is 47.9 Å². The Morgan fingerprint density at radius 2 is 2.09 bits per heavy atom. The van der Waals surface area contributed by atoms with E-state index in [0.717, 1.165) is 23.2 Å². The lowest BCUT2D eigenvalue weighted by molar-refractivity contribution is -0.137. The van der Waals surface area contributed by atoms with Crippen LogP contribution >= 0.6 is 0 Å². The van der Waals surface area contributed by atoms with Gasteiger partial charge in [0, 0.05) is 18.7 Å². The van der Waals surface area contributed by atoms with E-state index >= 15 is 0 Å². The monoisotopic (exact) mass is 321 g/mol. The van der Waals surface area contributed by atoms with Crippen molar-refractivity contribution in [2.75, 3.05) is 6.54 Å². The van der Waals surface area contributed by atoms with E-state index in [2.05, 4.69) is 24.1 Å². The third kappa shape index (κ3) is 3.11. The van der Waals surface area contributed by atoms with E-state index in [1.54, 1.807) is 0 Å². The minimum atomic E-state index is -4.36. The van der Waals surface area contributed by atoms with Crippen LogP contribution in [0.25, 0.3) is 16.6 Å². The average molecular weight is 321 g/mol. The molecule has 0 amide bonds. The molecule has 2 heterocycles. The number of dihydropyridines is 1. The van der Waals surface area contributed by atoms with Crippen molar-refractivity contribution in [1.82, 2.24) is 14.9 Å². The van der Waals surface area contributed by atoms with Gasteiger partial charge in [0.05, 0.1) is 16.6 Å². The van der Waals surface area contributed by atoms with Gasteiger partial charge in [-0.15, -0.1) is 0 Å². The fraction of sp³-hybridized carbons (Fsp3) is 0.353. The quantitative estimate of drug-likeness (QED) is 0.918. The number of aromatic nitrogens is 2. The van der Waals surface area contributed by atoms with E-state index in [0.29, 0.717) is 30.3 Å². The summed E-state index contributed by atoms with van der Waals surface area (Å²) in [6.07, 6.45) is 1.36. The van der Waals surface area contributed by atoms with Gasteiger partial charge in [0.2, 0.25) is 0 Å². The topological polar surface area (TPSA) is 29.9 Å². The number of fused-ring (bicyclic) bond motifs is 1. The lowest BCUT2D eigenvalue weighted by Crippen LogP contribution is -2.12. The summed E-state index contributed by atoms with van der Waals surface area (Å²) >= 11 is 0. The Labute approximate surface area is 132 Å². The van der Waals surface area contributed by atoms with Crippen molar-refractivity contribution in [2.24, 2.45) is 5.92 Å². The zero-order valence-electron chi connectivity index (χ0n) is 13.0. The molecule has 1 aliphatic rings. The number of alkyl halides is 3. The highest BCUT2D eigenvalue weighted by atomic mass is 19.4. The molecule has 0 saturated carbocycles. The van der Waals surface area contributed by atoms with Crippen LogP contribution in [0.2, 0.25) is 0 Å². The predicted molar refractivity (Wildman–Crippen MR) is 84.7 cm³/mol. The zero-order chi connectivity index (χ0) is 16.6. The molecule has 0 aliphatic carbocycles. The van der Waals surface area contributed by atoms with Crippen LogP contribution in [0.1, 0.15) is 25.2 Å². The largest absolute Gasteiger partial charge is 0.416 e. The van der Waals surface area contributed by atoms with E-state index in [1.807, 2.05) is 22.9 Å². The van der Waals surface area contributed by atoms with E-state index < -0.39 is 11.7 Å². The molecule has 0 bridgehead atoms. The van der Waals surface area contributed by atoms with Crippen LogP contribution in [-0.2, 0) is 12.7 Å². The SMILES string of the molecule is CC(C)Cn1c(C2=CCNC=C2)nc2cc(C(F)(F)F)ccc21. The van der Waals surface area contributed by atoms with Gasteiger partial charge in [-0.2, -0.15) is 13.2 Å². The molecule has 0 atom stereocenters. The number of nitrogens with one attached hydrogen (secondary N) is 1. The van der Waals surface area contributed by atoms with Crippen molar-refractivity contribution < 1.29 is 13.2 Å². The normalized spacial score (nSPS) is 15.1. The number of imidazole rings is 1. The molecule has 0 unspecified atom stereocenters. The number of nitrogens with zero attached hydrogens (tertiary/aromatic N) is 2. The molecule has 2 aromatic rings. The molecule has 0 saturated heterocycles. The highest BCUT2D eigenvalue weighted by Gasteiger charge is 2.31. The van der Waals surface area contributed by atoms with Crippen LogP contribution in [0.4, 0.5) is 13.2 Å². The first-order valence-electron chi connectivity index (χ1n) is 7.54. The minimum Gasteiger partial charge on any atom is -0.387 e. The Bertz CT molecular complexity index is 782. The minimum absolute atomic E-state index is 0.361. The number of halogens is 3. The summed E-state index contributed by atoms with van der Waals surface area (Å²) in [6, 6.07) is 3.76. The third-order valence-corrected chi connectivity index (χ3v) is 3.70. The molecule has 122 valence electrons. The molecule has 0 spiro atoms. The summed E-state index contributed by atoms with van der Waals surface area (Å²) in [5.74, 6) is 1.07. The molecule has 23 heavy (non-hydrogen) atoms. The molecule has 1 aromatic carbocycles. The standard InChI is InChI=1S/C17H18F3N3/c1-11(2)10-23-15-4-3-13(17(18,19)20)9-14(15)22-16(23)12-5-7-21-8-6-12/h3-7,9,11,21H,8,10H2,1-2H3. The molecule has 1 N–H and O–H groups in total. The Kier molecular flexibility index (Phi) is 3.92. The van der Waals surface area contributed by atoms with E-state index in [4.69, 9.17) is 0 Å². The molecule has 3 nitrogen and oxygen atoms in total. The van der Waals surface area contributed by atoms with Crippen LogP contribution < -0.4 is 5.32 Å². The Balaban J connectivity index is 2.17. The average Bonchev–Trinajstić information content (AvgIpc) is 2.85. The number of hydrogen-bond acceptors (Lipinski definition) is 2. The number of allylic oxidation sites excluding steroid dienone is 2. The van der Waals surface area contributed by atoms with Crippen molar-refractivity contribution in [1.29, 1.82) is 0 Å². The number of rotatable bonds is 3. The first-order chi connectivity index (χ1) is 10.9. The lowest BCUT2D eigenvalue weighted by Gasteiger charge is -2.14. The van der Waals surface area contributed by atoms with Crippen LogP contribution in [0.5, 0.6) is 0 Å². The molecular formula is C17H18F3N3. The molecule has 0 radical (unpaired) electrons. The van der Waals surface area contributed by atoms with E-state index in [-0.39, 0.29) is 0 Å². The summed E-state index contributed by atoms with van der Waals surface area (Å²) in [5, 5.41) is 3.06. The second-order valence-corrected chi connectivity index (χ2v) is 6.04. The van der Waals surface area contributed by atoms with E-state index in [1.165, 1.54) is 6.07 Å². The second kappa shape index (κ2) is 5.76. The van der Waals surface area contributed by atoms with Gasteiger partial charge in [-0.25, -0.2) is 4.98 Å². The molecule has 3 rings (SSSR count). The maximum absolute atomic E-state index is 12.9. The van der Waals surface area contributed by atoms with Gasteiger partial charge < -0.3 is 9.88 Å². The Hall–Kier alpha value is -2.24. The summed E-state index contributed by atoms with van der Waals surface area (Å²) in [7, 11) is 0. The van der Waals surface area contributed by atoms with Gasteiger partial charge in [-0.05, 0) is 36.4 Å². The number of benzene rings is 1. The maximum Gasteiger partial charge on any atom is 0.416 e. The van der Waals surface area contributed by atoms with Gasteiger partial charge in [0.25, 0.3) is 0 Å². The first kappa shape index (κ1) is 15.6. The molecule has 1 aliphatic heterocycles. The van der Waals surface area contributed by atoms with Crippen LogP contribution in [0.15, 0.2) is 36.6 Å². The van der Waals surface area contributed by atoms with Gasteiger partial charge >= 0.3 is 6.18 Å². The van der Waals surface area contributed by atoms with Crippen molar-refractivity contribution in [2.45, 2.75) is 26.6 Å². The van der Waals surface area contributed by atoms with Crippen LogP contribution in [-0.4, -0.2) is 16.1 Å². The van der Waals surface area contributed by atoms with Crippen molar-refractivity contribution in [3.63, 3.8) is 0 Å². The summed E-state index contributed by atoms with van der Waals surface area (Å²) in [4.78, 5) is 4.48. The van der Waals surface area contributed by atoms with E-state index in [9.17, 15) is 13.2 Å². The highest BCUT2D eigenvalue weighted by molar-refractivity contribution is 5.83. The van der Waals surface area contributed by atoms with Crippen LogP contribution in [0, 0.1) is 5.92 Å². The zero-order valence-corrected chi connectivity index (χ0v) is 13.0. The van der Waals surface area contributed by atoms with Crippen molar-refractivity contribution >= 4 is 16.6 Å². The fourth-order valence-corrected chi connectivity index (χ4v) is 2.70. The third-order valence-electron chi connectivity index (χ3n) is 3.70. The van der Waals surface area contributed by atoms with Gasteiger partial charge in [0.1, 0.15) is 5.82 Å². The fourth-order valence-electron chi connectivity index (χ4n) is 2.70. The van der Waals surface area contributed by atoms with Gasteiger partial charge in [-0.1, -0.05) is 19.9 Å². The number of hydrogen-bond donors (Lipinski definition) is 1. The smallest absolute Gasteiger partial charge is 0.387 e. The Morgan fingerprint density at radius 1 is 1.30 bits per heavy atom. The highest BCUT2D eigenvalue weighted by Crippen LogP contribution is 2.32. The first-order valence-corrected chi connectivity index (χ1v) is 7.54. The molecule has 1 aromatic heterocycles. The maximum atomic E-state index is 12.9. The Morgan fingerprint density at radius 3 is 2.70 bits per heavy atom. The molecular weight excluding hydrogens is 303 g/mol. The predicted octanol–water partition coefficient (Wildman–Crippen LogP) is 4.21. The summed E-state index contributed by atoms with van der Waals surface area (Å²) < 4.78 is 40.8. The lowest BCUT2D eigenvalue weighted by atomic mass is 10.1. The van der Waals surface area contributed by atoms with Crippen molar-refractivity contribution in [3.8, 4) is 0 Å². The summed E-state index contributed by atoms with van der Waals surface area (Å²) in [6.45, 7) is 5.54.